The summed E-state index contributed by atoms with van der Waals surface area (Å²) >= 11 is 9.34. The Kier molecular flexibility index (Phi) is 6.68. The molecular formula is C13H17BrClNO2. The van der Waals surface area contributed by atoms with Crippen LogP contribution < -0.4 is 5.32 Å². The lowest BCUT2D eigenvalue weighted by atomic mass is 10.1. The van der Waals surface area contributed by atoms with Gasteiger partial charge < -0.3 is 10.4 Å². The Bertz CT molecular complexity index is 412. The zero-order valence-corrected chi connectivity index (χ0v) is 12.6. The van der Waals surface area contributed by atoms with Crippen LogP contribution in [0.25, 0.3) is 0 Å². The first kappa shape index (κ1) is 15.5. The maximum absolute atomic E-state index is 11.1. The Labute approximate surface area is 121 Å². The summed E-state index contributed by atoms with van der Waals surface area (Å²) in [6.45, 7) is 2.54. The minimum atomic E-state index is -0.804. The lowest BCUT2D eigenvalue weighted by Crippen LogP contribution is -2.36. The van der Waals surface area contributed by atoms with Crippen LogP contribution in [0.15, 0.2) is 22.7 Å². The topological polar surface area (TPSA) is 49.3 Å². The molecule has 3 nitrogen and oxygen atoms in total. The van der Waals surface area contributed by atoms with E-state index < -0.39 is 12.0 Å². The molecule has 0 aliphatic rings. The van der Waals surface area contributed by atoms with E-state index in [1.807, 2.05) is 19.1 Å². The quantitative estimate of drug-likeness (QED) is 0.796. The van der Waals surface area contributed by atoms with Crippen LogP contribution in [0.5, 0.6) is 0 Å². The summed E-state index contributed by atoms with van der Waals surface area (Å²) in [5.74, 6) is -0.804. The second-order valence-corrected chi connectivity index (χ2v) is 5.44. The molecule has 0 heterocycles. The van der Waals surface area contributed by atoms with Gasteiger partial charge in [-0.15, -0.1) is 0 Å². The molecule has 0 unspecified atom stereocenters. The maximum Gasteiger partial charge on any atom is 0.320 e. The summed E-state index contributed by atoms with van der Waals surface area (Å²) in [7, 11) is 0. The van der Waals surface area contributed by atoms with Crippen molar-refractivity contribution >= 4 is 33.5 Å². The maximum atomic E-state index is 11.1. The molecule has 1 rings (SSSR count). The van der Waals surface area contributed by atoms with Crippen LogP contribution in [0.4, 0.5) is 0 Å². The first-order valence-corrected chi connectivity index (χ1v) is 7.11. The fourth-order valence-electron chi connectivity index (χ4n) is 1.63. The standard InChI is InChI=1S/C13H17BrClNO2/c1-2-3-4-12(13(17)18)16-8-9-7-10(15)5-6-11(9)14/h5-7,12,16H,2-4,8H2,1H3,(H,17,18)/t12-/m0/s1. The van der Waals surface area contributed by atoms with Gasteiger partial charge in [-0.3, -0.25) is 4.79 Å². The molecule has 0 saturated carbocycles. The second-order valence-electron chi connectivity index (χ2n) is 4.15. The Balaban J connectivity index is 2.60. The zero-order valence-electron chi connectivity index (χ0n) is 10.2. The third-order valence-corrected chi connectivity index (χ3v) is 3.70. The highest BCUT2D eigenvalue weighted by atomic mass is 79.9. The molecule has 2 N–H and O–H groups in total. The number of benzene rings is 1. The van der Waals surface area contributed by atoms with Crippen molar-refractivity contribution in [3.05, 3.63) is 33.3 Å². The van der Waals surface area contributed by atoms with Gasteiger partial charge in [-0.05, 0) is 30.2 Å². The highest BCUT2D eigenvalue weighted by molar-refractivity contribution is 9.10. The van der Waals surface area contributed by atoms with E-state index in [4.69, 9.17) is 16.7 Å². The Morgan fingerprint density at radius 3 is 2.89 bits per heavy atom. The summed E-state index contributed by atoms with van der Waals surface area (Å²) in [4.78, 5) is 11.1. The number of halogens is 2. The van der Waals surface area contributed by atoms with E-state index in [1.54, 1.807) is 6.07 Å². The highest BCUT2D eigenvalue weighted by Gasteiger charge is 2.16. The van der Waals surface area contributed by atoms with Crippen LogP contribution in [-0.2, 0) is 11.3 Å². The van der Waals surface area contributed by atoms with Crippen LogP contribution in [-0.4, -0.2) is 17.1 Å². The fourth-order valence-corrected chi connectivity index (χ4v) is 2.21. The van der Waals surface area contributed by atoms with E-state index in [1.165, 1.54) is 0 Å². The first-order chi connectivity index (χ1) is 8.54. The molecule has 0 aromatic heterocycles. The van der Waals surface area contributed by atoms with E-state index >= 15 is 0 Å². The molecule has 5 heteroatoms. The lowest BCUT2D eigenvalue weighted by molar-refractivity contribution is -0.139. The SMILES string of the molecule is CCCC[C@H](NCc1cc(Cl)ccc1Br)C(=O)O. The minimum absolute atomic E-state index is 0.488. The molecule has 18 heavy (non-hydrogen) atoms. The molecule has 0 amide bonds. The Morgan fingerprint density at radius 1 is 1.56 bits per heavy atom. The van der Waals surface area contributed by atoms with Crippen molar-refractivity contribution in [1.82, 2.24) is 5.32 Å². The van der Waals surface area contributed by atoms with Gasteiger partial charge in [-0.1, -0.05) is 47.3 Å². The molecule has 0 saturated heterocycles. The second kappa shape index (κ2) is 7.77. The third-order valence-electron chi connectivity index (χ3n) is 2.69. The van der Waals surface area contributed by atoms with E-state index in [9.17, 15) is 4.79 Å². The Morgan fingerprint density at radius 2 is 2.28 bits per heavy atom. The van der Waals surface area contributed by atoms with Crippen LogP contribution in [0.3, 0.4) is 0 Å². The summed E-state index contributed by atoms with van der Waals surface area (Å²) in [6, 6.07) is 4.98. The van der Waals surface area contributed by atoms with Crippen molar-refractivity contribution in [1.29, 1.82) is 0 Å². The number of hydrogen-bond acceptors (Lipinski definition) is 2. The minimum Gasteiger partial charge on any atom is -0.480 e. The number of hydrogen-bond donors (Lipinski definition) is 2. The molecule has 0 aliphatic heterocycles. The van der Waals surface area contributed by atoms with E-state index in [0.29, 0.717) is 18.0 Å². The normalized spacial score (nSPS) is 12.4. The van der Waals surface area contributed by atoms with Gasteiger partial charge in [0.25, 0.3) is 0 Å². The highest BCUT2D eigenvalue weighted by Crippen LogP contribution is 2.21. The van der Waals surface area contributed by atoms with Crippen molar-refractivity contribution < 1.29 is 9.90 Å². The molecule has 0 bridgehead atoms. The predicted molar refractivity (Wildman–Crippen MR) is 76.9 cm³/mol. The van der Waals surface area contributed by atoms with Gasteiger partial charge in [0.15, 0.2) is 0 Å². The van der Waals surface area contributed by atoms with Gasteiger partial charge in [-0.2, -0.15) is 0 Å². The molecule has 1 aromatic rings. The number of nitrogens with one attached hydrogen (secondary N) is 1. The largest absolute Gasteiger partial charge is 0.480 e. The number of unbranched alkanes of at least 4 members (excludes halogenated alkanes) is 1. The molecule has 0 fully saturated rings. The zero-order chi connectivity index (χ0) is 13.5. The Hall–Kier alpha value is -0.580. The average Bonchev–Trinajstić information content (AvgIpc) is 2.33. The van der Waals surface area contributed by atoms with Crippen molar-refractivity contribution in [2.24, 2.45) is 0 Å². The van der Waals surface area contributed by atoms with Crippen molar-refractivity contribution in [2.45, 2.75) is 38.8 Å². The van der Waals surface area contributed by atoms with Gasteiger partial charge in [0.2, 0.25) is 0 Å². The number of carboxylic acid groups (broad SMARTS) is 1. The summed E-state index contributed by atoms with van der Waals surface area (Å²) in [5.41, 5.74) is 0.963. The van der Waals surface area contributed by atoms with Gasteiger partial charge in [-0.25, -0.2) is 0 Å². The fraction of sp³-hybridized carbons (Fsp3) is 0.462. The molecule has 1 atom stereocenters. The van der Waals surface area contributed by atoms with Crippen LogP contribution in [0.2, 0.25) is 5.02 Å². The van der Waals surface area contributed by atoms with Crippen LogP contribution >= 0.6 is 27.5 Å². The number of carboxylic acids is 1. The van der Waals surface area contributed by atoms with Gasteiger partial charge in [0, 0.05) is 16.0 Å². The molecule has 1 aromatic carbocycles. The molecular weight excluding hydrogens is 318 g/mol. The van der Waals surface area contributed by atoms with Crippen LogP contribution in [0.1, 0.15) is 31.7 Å². The van der Waals surface area contributed by atoms with Gasteiger partial charge in [0.05, 0.1) is 0 Å². The summed E-state index contributed by atoms with van der Waals surface area (Å²) in [5, 5.41) is 12.8. The molecule has 0 aliphatic carbocycles. The van der Waals surface area contributed by atoms with Crippen molar-refractivity contribution in [2.75, 3.05) is 0 Å². The molecule has 0 spiro atoms. The van der Waals surface area contributed by atoms with Gasteiger partial charge in [0.1, 0.15) is 6.04 Å². The van der Waals surface area contributed by atoms with Gasteiger partial charge >= 0.3 is 5.97 Å². The van der Waals surface area contributed by atoms with E-state index in [-0.39, 0.29) is 0 Å². The average molecular weight is 335 g/mol. The monoisotopic (exact) mass is 333 g/mol. The number of carbonyl (C=O) groups is 1. The smallest absolute Gasteiger partial charge is 0.320 e. The first-order valence-electron chi connectivity index (χ1n) is 5.94. The van der Waals surface area contributed by atoms with Crippen molar-refractivity contribution in [3.63, 3.8) is 0 Å². The third kappa shape index (κ3) is 4.96. The molecule has 0 radical (unpaired) electrons. The summed E-state index contributed by atoms with van der Waals surface area (Å²) in [6.07, 6.45) is 2.54. The van der Waals surface area contributed by atoms with E-state index in [0.717, 1.165) is 22.9 Å². The van der Waals surface area contributed by atoms with Crippen molar-refractivity contribution in [3.8, 4) is 0 Å². The van der Waals surface area contributed by atoms with Crippen LogP contribution in [0, 0.1) is 0 Å². The number of rotatable bonds is 7. The molecule has 100 valence electrons. The number of aliphatic carboxylic acids is 1. The summed E-state index contributed by atoms with van der Waals surface area (Å²) < 4.78 is 0.930. The predicted octanol–water partition coefficient (Wildman–Crippen LogP) is 3.84. The lowest BCUT2D eigenvalue weighted by Gasteiger charge is -2.14. The van der Waals surface area contributed by atoms with E-state index in [2.05, 4.69) is 21.2 Å².